The first-order valence-corrected chi connectivity index (χ1v) is 7.82. The summed E-state index contributed by atoms with van der Waals surface area (Å²) in [5, 5.41) is -0.226. The summed E-state index contributed by atoms with van der Waals surface area (Å²) in [4.78, 5) is 37.1. The third-order valence-corrected chi connectivity index (χ3v) is 4.15. The first-order chi connectivity index (χ1) is 10.6. The van der Waals surface area contributed by atoms with Gasteiger partial charge in [-0.2, -0.15) is 0 Å². The van der Waals surface area contributed by atoms with E-state index in [2.05, 4.69) is 4.74 Å². The Balaban J connectivity index is 2.14. The van der Waals surface area contributed by atoms with Crippen LogP contribution >= 0.6 is 11.8 Å². The molecule has 116 valence electrons. The molecule has 0 spiro atoms. The molecule has 1 fully saturated rings. The average Bonchev–Trinajstić information content (AvgIpc) is 2.79. The van der Waals surface area contributed by atoms with E-state index < -0.39 is 5.97 Å². The fraction of sp³-hybridized carbons (Fsp3) is 0.312. The summed E-state index contributed by atoms with van der Waals surface area (Å²) in [7, 11) is 1.32. The summed E-state index contributed by atoms with van der Waals surface area (Å²) >= 11 is 0.949. The fourth-order valence-electron chi connectivity index (χ4n) is 1.99. The van der Waals surface area contributed by atoms with E-state index in [0.29, 0.717) is 17.0 Å². The number of nitrogens with zero attached hydrogens (tertiary/aromatic N) is 1. The quantitative estimate of drug-likeness (QED) is 0.615. The Hall–Kier alpha value is -2.08. The highest BCUT2D eigenvalue weighted by Crippen LogP contribution is 2.32. The van der Waals surface area contributed by atoms with Crippen LogP contribution in [0.1, 0.15) is 35.7 Å². The van der Waals surface area contributed by atoms with Crippen molar-refractivity contribution in [1.29, 1.82) is 0 Å². The average molecular weight is 319 g/mol. The molecular formula is C16H17NO4S. The van der Waals surface area contributed by atoms with Crippen molar-refractivity contribution in [1.82, 2.24) is 4.90 Å². The lowest BCUT2D eigenvalue weighted by Gasteiger charge is -2.10. The number of hydrogen-bond donors (Lipinski definition) is 0. The maximum atomic E-state index is 12.2. The van der Waals surface area contributed by atoms with E-state index in [0.717, 1.165) is 30.2 Å². The largest absolute Gasteiger partial charge is 0.465 e. The van der Waals surface area contributed by atoms with Crippen LogP contribution in [0.25, 0.3) is 6.08 Å². The number of carbonyl (C=O) groups excluding carboxylic acids is 3. The first-order valence-electron chi connectivity index (χ1n) is 7.00. The van der Waals surface area contributed by atoms with Crippen LogP contribution in [-0.4, -0.2) is 35.7 Å². The van der Waals surface area contributed by atoms with Crippen molar-refractivity contribution in [2.24, 2.45) is 0 Å². The minimum atomic E-state index is -0.411. The number of carbonyl (C=O) groups is 3. The van der Waals surface area contributed by atoms with Crippen LogP contribution in [0.5, 0.6) is 0 Å². The predicted octanol–water partition coefficient (Wildman–Crippen LogP) is 3.31. The number of rotatable bonds is 5. The molecule has 0 radical (unpaired) electrons. The Morgan fingerprint density at radius 2 is 1.95 bits per heavy atom. The lowest BCUT2D eigenvalue weighted by molar-refractivity contribution is -0.122. The molecular weight excluding hydrogens is 302 g/mol. The zero-order valence-corrected chi connectivity index (χ0v) is 13.3. The smallest absolute Gasteiger partial charge is 0.337 e. The van der Waals surface area contributed by atoms with Crippen LogP contribution in [0.4, 0.5) is 4.79 Å². The van der Waals surface area contributed by atoms with Gasteiger partial charge in [0.25, 0.3) is 11.1 Å². The molecule has 1 aromatic rings. The van der Waals surface area contributed by atoms with Gasteiger partial charge in [-0.05, 0) is 42.0 Å². The summed E-state index contributed by atoms with van der Waals surface area (Å²) in [5.74, 6) is -0.660. The molecule has 1 aromatic carbocycles. The van der Waals surface area contributed by atoms with Gasteiger partial charge in [-0.3, -0.25) is 14.5 Å². The number of benzene rings is 1. The van der Waals surface area contributed by atoms with Gasteiger partial charge in [0.15, 0.2) is 0 Å². The van der Waals surface area contributed by atoms with E-state index in [1.165, 1.54) is 12.0 Å². The minimum Gasteiger partial charge on any atom is -0.465 e. The molecule has 1 aliphatic rings. The highest BCUT2D eigenvalue weighted by molar-refractivity contribution is 8.18. The summed E-state index contributed by atoms with van der Waals surface area (Å²) in [6, 6.07) is 6.68. The van der Waals surface area contributed by atoms with Crippen LogP contribution in [-0.2, 0) is 9.53 Å². The number of unbranched alkanes of at least 4 members (excludes halogenated alkanes) is 1. The second kappa shape index (κ2) is 7.26. The number of esters is 1. The van der Waals surface area contributed by atoms with Crippen molar-refractivity contribution in [2.75, 3.05) is 13.7 Å². The number of imide groups is 1. The van der Waals surface area contributed by atoms with Crippen molar-refractivity contribution < 1.29 is 19.1 Å². The van der Waals surface area contributed by atoms with Crippen molar-refractivity contribution in [3.8, 4) is 0 Å². The second-order valence-corrected chi connectivity index (χ2v) is 5.79. The maximum absolute atomic E-state index is 12.2. The van der Waals surface area contributed by atoms with Gasteiger partial charge in [0.1, 0.15) is 0 Å². The SMILES string of the molecule is CCCCN1C(=O)S/C(=C\c2ccc(C(=O)OC)cc2)C1=O. The summed E-state index contributed by atoms with van der Waals surface area (Å²) in [6.45, 7) is 2.47. The Bertz CT molecular complexity index is 622. The molecule has 0 aliphatic carbocycles. The van der Waals surface area contributed by atoms with Gasteiger partial charge in [0.2, 0.25) is 0 Å². The van der Waals surface area contributed by atoms with Crippen LogP contribution in [0.15, 0.2) is 29.2 Å². The van der Waals surface area contributed by atoms with Gasteiger partial charge in [0.05, 0.1) is 17.6 Å². The van der Waals surface area contributed by atoms with Gasteiger partial charge >= 0.3 is 5.97 Å². The number of amides is 2. The number of thioether (sulfide) groups is 1. The highest BCUT2D eigenvalue weighted by atomic mass is 32.2. The molecule has 0 saturated carbocycles. The Morgan fingerprint density at radius 1 is 1.27 bits per heavy atom. The van der Waals surface area contributed by atoms with Crippen molar-refractivity contribution in [3.05, 3.63) is 40.3 Å². The third-order valence-electron chi connectivity index (χ3n) is 3.24. The van der Waals surface area contributed by atoms with E-state index in [9.17, 15) is 14.4 Å². The van der Waals surface area contributed by atoms with E-state index in [-0.39, 0.29) is 11.1 Å². The van der Waals surface area contributed by atoms with Gasteiger partial charge in [-0.25, -0.2) is 4.79 Å². The van der Waals surface area contributed by atoms with E-state index in [1.54, 1.807) is 30.3 Å². The molecule has 0 bridgehead atoms. The molecule has 0 unspecified atom stereocenters. The Labute approximate surface area is 133 Å². The normalized spacial score (nSPS) is 16.5. The van der Waals surface area contributed by atoms with Crippen LogP contribution < -0.4 is 0 Å². The minimum absolute atomic E-state index is 0.226. The number of methoxy groups -OCH3 is 1. The van der Waals surface area contributed by atoms with Crippen LogP contribution in [0, 0.1) is 0 Å². The standard InChI is InChI=1S/C16H17NO4S/c1-3-4-9-17-14(18)13(22-16(17)20)10-11-5-7-12(8-6-11)15(19)21-2/h5-8,10H,3-4,9H2,1-2H3/b13-10-. The van der Waals surface area contributed by atoms with Gasteiger partial charge in [0, 0.05) is 6.54 Å². The predicted molar refractivity (Wildman–Crippen MR) is 85.4 cm³/mol. The van der Waals surface area contributed by atoms with Crippen molar-refractivity contribution in [3.63, 3.8) is 0 Å². The molecule has 22 heavy (non-hydrogen) atoms. The Morgan fingerprint density at radius 3 is 2.55 bits per heavy atom. The Kier molecular flexibility index (Phi) is 5.38. The molecule has 2 rings (SSSR count). The maximum Gasteiger partial charge on any atom is 0.337 e. The molecule has 1 saturated heterocycles. The van der Waals surface area contributed by atoms with E-state index in [4.69, 9.17) is 0 Å². The molecule has 5 nitrogen and oxygen atoms in total. The number of ether oxygens (including phenoxy) is 1. The van der Waals surface area contributed by atoms with Crippen LogP contribution in [0.3, 0.4) is 0 Å². The second-order valence-electron chi connectivity index (χ2n) is 4.80. The van der Waals surface area contributed by atoms with Gasteiger partial charge in [-0.1, -0.05) is 25.5 Å². The zero-order chi connectivity index (χ0) is 16.1. The molecule has 0 N–H and O–H groups in total. The highest BCUT2D eigenvalue weighted by Gasteiger charge is 2.34. The monoisotopic (exact) mass is 319 g/mol. The van der Waals surface area contributed by atoms with E-state index in [1.807, 2.05) is 6.92 Å². The molecule has 0 aromatic heterocycles. The van der Waals surface area contributed by atoms with E-state index >= 15 is 0 Å². The number of hydrogen-bond acceptors (Lipinski definition) is 5. The lowest BCUT2D eigenvalue weighted by Crippen LogP contribution is -2.29. The third kappa shape index (κ3) is 3.57. The molecule has 6 heteroatoms. The van der Waals surface area contributed by atoms with Gasteiger partial charge in [-0.15, -0.1) is 0 Å². The fourth-order valence-corrected chi connectivity index (χ4v) is 2.86. The zero-order valence-electron chi connectivity index (χ0n) is 12.5. The topological polar surface area (TPSA) is 63.7 Å². The first kappa shape index (κ1) is 16.3. The summed E-state index contributed by atoms with van der Waals surface area (Å²) < 4.78 is 4.63. The van der Waals surface area contributed by atoms with Crippen molar-refractivity contribution >= 4 is 35.0 Å². The summed E-state index contributed by atoms with van der Waals surface area (Å²) in [5.41, 5.74) is 1.20. The van der Waals surface area contributed by atoms with Crippen LogP contribution in [0.2, 0.25) is 0 Å². The molecule has 0 atom stereocenters. The van der Waals surface area contributed by atoms with Crippen molar-refractivity contribution in [2.45, 2.75) is 19.8 Å². The van der Waals surface area contributed by atoms with Gasteiger partial charge < -0.3 is 4.74 Å². The molecule has 2 amide bonds. The lowest BCUT2D eigenvalue weighted by atomic mass is 10.1. The molecule has 1 aliphatic heterocycles. The molecule has 1 heterocycles. The summed E-state index contributed by atoms with van der Waals surface area (Å²) in [6.07, 6.45) is 3.40.